The van der Waals surface area contributed by atoms with E-state index in [1.807, 2.05) is 11.4 Å². The molecular weight excluding hydrogens is 336 g/mol. The fraction of sp³-hybridized carbons (Fsp3) is 0.400. The van der Waals surface area contributed by atoms with Crippen LogP contribution >= 0.6 is 28.1 Å². The zero-order valence-corrected chi connectivity index (χ0v) is 12.5. The molecule has 2 heterocycles. The van der Waals surface area contributed by atoms with Gasteiger partial charge in [0.15, 0.2) is 0 Å². The van der Waals surface area contributed by atoms with Crippen LogP contribution in [0.2, 0.25) is 0 Å². The Morgan fingerprint density at radius 1 is 1.79 bits per heavy atom. The number of amides is 1. The number of anilines is 1. The van der Waals surface area contributed by atoms with E-state index in [9.17, 15) is 4.79 Å². The molecule has 1 aromatic heterocycles. The van der Waals surface area contributed by atoms with Gasteiger partial charge in [0.05, 0.1) is 22.4 Å². The molecule has 2 rings (SSSR count). The molecule has 0 radical (unpaired) electrons. The molecule has 0 saturated carbocycles. The third-order valence-corrected chi connectivity index (χ3v) is 4.08. The van der Waals surface area contributed by atoms with Crippen molar-refractivity contribution in [3.8, 4) is 5.88 Å². The molecule has 104 valence electrons. The predicted molar refractivity (Wildman–Crippen MR) is 75.7 cm³/mol. The molecular formula is C10H13BrN4O3S. The van der Waals surface area contributed by atoms with Crippen LogP contribution in [0.25, 0.3) is 0 Å². The van der Waals surface area contributed by atoms with E-state index in [0.717, 1.165) is 12.1 Å². The Bertz CT molecular complexity index is 490. The third-order valence-electron chi connectivity index (χ3n) is 2.46. The van der Waals surface area contributed by atoms with E-state index in [1.165, 1.54) is 10.5 Å². The van der Waals surface area contributed by atoms with Crippen LogP contribution in [-0.4, -0.2) is 51.0 Å². The standard InChI is InChI=1S/C10H13BrN4O3S/c1-14-4-7(15(19-14)10(16)17)5-18-9-8(11)2-6(12)3-13-9/h2-3,7H,4-5,12H2,1H3,(H,16,17). The van der Waals surface area contributed by atoms with Crippen LogP contribution in [0.3, 0.4) is 0 Å². The van der Waals surface area contributed by atoms with E-state index in [4.69, 9.17) is 15.6 Å². The van der Waals surface area contributed by atoms with E-state index < -0.39 is 6.09 Å². The van der Waals surface area contributed by atoms with Crippen LogP contribution < -0.4 is 10.5 Å². The molecule has 0 aromatic carbocycles. The Labute approximate surface area is 123 Å². The van der Waals surface area contributed by atoms with E-state index in [2.05, 4.69) is 20.9 Å². The highest BCUT2D eigenvalue weighted by Gasteiger charge is 2.34. The van der Waals surface area contributed by atoms with Gasteiger partial charge in [-0.2, -0.15) is 0 Å². The van der Waals surface area contributed by atoms with E-state index in [0.29, 0.717) is 22.6 Å². The number of hydrogen-bond acceptors (Lipinski definition) is 6. The van der Waals surface area contributed by atoms with Crippen molar-refractivity contribution in [1.82, 2.24) is 13.6 Å². The predicted octanol–water partition coefficient (Wildman–Crippen LogP) is 1.66. The zero-order valence-electron chi connectivity index (χ0n) is 10.1. The minimum Gasteiger partial charge on any atom is -0.475 e. The lowest BCUT2D eigenvalue weighted by Gasteiger charge is -2.18. The first-order chi connectivity index (χ1) is 8.97. The monoisotopic (exact) mass is 348 g/mol. The molecule has 1 amide bonds. The van der Waals surface area contributed by atoms with Crippen molar-refractivity contribution >= 4 is 39.8 Å². The molecule has 1 saturated heterocycles. The second kappa shape index (κ2) is 5.85. The fourth-order valence-corrected chi connectivity index (χ4v) is 3.01. The normalized spacial score (nSPS) is 19.7. The highest BCUT2D eigenvalue weighted by atomic mass is 79.9. The van der Waals surface area contributed by atoms with Crippen LogP contribution in [0.15, 0.2) is 16.7 Å². The van der Waals surface area contributed by atoms with Gasteiger partial charge in [0.1, 0.15) is 6.61 Å². The molecule has 0 aliphatic carbocycles. The molecule has 1 atom stereocenters. The number of hydrogen-bond donors (Lipinski definition) is 2. The number of nitrogen functional groups attached to an aromatic ring is 1. The van der Waals surface area contributed by atoms with Gasteiger partial charge in [-0.15, -0.1) is 0 Å². The zero-order chi connectivity index (χ0) is 14.0. The number of carboxylic acid groups (broad SMARTS) is 1. The van der Waals surface area contributed by atoms with Crippen molar-refractivity contribution in [2.24, 2.45) is 0 Å². The third kappa shape index (κ3) is 3.43. The second-order valence-electron chi connectivity index (χ2n) is 4.02. The largest absolute Gasteiger partial charge is 0.475 e. The summed E-state index contributed by atoms with van der Waals surface area (Å²) in [4.78, 5) is 15.1. The number of ether oxygens (including phenoxy) is 1. The molecule has 1 aliphatic rings. The first-order valence-corrected chi connectivity index (χ1v) is 6.95. The second-order valence-corrected chi connectivity index (χ2v) is 6.06. The first kappa shape index (κ1) is 14.2. The summed E-state index contributed by atoms with van der Waals surface area (Å²) < 4.78 is 9.30. The van der Waals surface area contributed by atoms with Crippen molar-refractivity contribution in [1.29, 1.82) is 0 Å². The number of carbonyl (C=O) groups is 1. The molecule has 0 spiro atoms. The summed E-state index contributed by atoms with van der Waals surface area (Å²) in [6.45, 7) is 0.836. The number of pyridine rings is 1. The molecule has 19 heavy (non-hydrogen) atoms. The molecule has 1 aliphatic heterocycles. The molecule has 9 heteroatoms. The van der Waals surface area contributed by atoms with Gasteiger partial charge >= 0.3 is 6.09 Å². The summed E-state index contributed by atoms with van der Waals surface area (Å²) in [6, 6.07) is 1.45. The molecule has 1 fully saturated rings. The van der Waals surface area contributed by atoms with E-state index >= 15 is 0 Å². The number of nitrogens with two attached hydrogens (primary N) is 1. The number of rotatable bonds is 3. The smallest absolute Gasteiger partial charge is 0.418 e. The van der Waals surface area contributed by atoms with E-state index in [1.54, 1.807) is 6.07 Å². The summed E-state index contributed by atoms with van der Waals surface area (Å²) in [5.74, 6) is 0.402. The minimum absolute atomic E-state index is 0.235. The number of likely N-dealkylation sites (N-methyl/N-ethyl adjacent to an activating group) is 1. The van der Waals surface area contributed by atoms with E-state index in [-0.39, 0.29) is 12.6 Å². The molecule has 3 N–H and O–H groups in total. The highest BCUT2D eigenvalue weighted by molar-refractivity contribution is 9.10. The van der Waals surface area contributed by atoms with Crippen LogP contribution in [-0.2, 0) is 0 Å². The van der Waals surface area contributed by atoms with Gasteiger partial charge in [-0.25, -0.2) is 18.4 Å². The Morgan fingerprint density at radius 2 is 2.53 bits per heavy atom. The lowest BCUT2D eigenvalue weighted by atomic mass is 10.3. The summed E-state index contributed by atoms with van der Waals surface area (Å²) in [7, 11) is 1.83. The van der Waals surface area contributed by atoms with Gasteiger partial charge in [0, 0.05) is 18.7 Å². The van der Waals surface area contributed by atoms with Gasteiger partial charge in [0.2, 0.25) is 5.88 Å². The SMILES string of the molecule is CN1CC(COc2ncc(N)cc2Br)N(C(=O)O)S1. The number of halogens is 1. The quantitative estimate of drug-likeness (QED) is 0.802. The molecule has 0 bridgehead atoms. The summed E-state index contributed by atoms with van der Waals surface area (Å²) >= 11 is 4.46. The summed E-state index contributed by atoms with van der Waals surface area (Å²) in [5, 5.41) is 9.07. The summed E-state index contributed by atoms with van der Waals surface area (Å²) in [5.41, 5.74) is 6.11. The maximum atomic E-state index is 11.1. The molecule has 1 unspecified atom stereocenters. The Morgan fingerprint density at radius 3 is 3.16 bits per heavy atom. The van der Waals surface area contributed by atoms with Crippen LogP contribution in [0, 0.1) is 0 Å². The first-order valence-electron chi connectivity index (χ1n) is 5.42. The minimum atomic E-state index is -0.979. The van der Waals surface area contributed by atoms with Crippen molar-refractivity contribution in [3.63, 3.8) is 0 Å². The van der Waals surface area contributed by atoms with Crippen molar-refractivity contribution in [2.45, 2.75) is 6.04 Å². The van der Waals surface area contributed by atoms with Gasteiger partial charge in [0.25, 0.3) is 0 Å². The van der Waals surface area contributed by atoms with Crippen LogP contribution in [0.1, 0.15) is 0 Å². The number of aromatic nitrogens is 1. The highest BCUT2D eigenvalue weighted by Crippen LogP contribution is 2.29. The van der Waals surface area contributed by atoms with Crippen molar-refractivity contribution in [3.05, 3.63) is 16.7 Å². The fourth-order valence-electron chi connectivity index (χ4n) is 1.65. The molecule has 7 nitrogen and oxygen atoms in total. The maximum Gasteiger partial charge on any atom is 0.418 e. The average molecular weight is 349 g/mol. The van der Waals surface area contributed by atoms with Gasteiger partial charge in [-0.1, -0.05) is 0 Å². The van der Waals surface area contributed by atoms with Crippen molar-refractivity contribution < 1.29 is 14.6 Å². The van der Waals surface area contributed by atoms with Gasteiger partial charge < -0.3 is 15.6 Å². The van der Waals surface area contributed by atoms with Crippen LogP contribution in [0.5, 0.6) is 5.88 Å². The van der Waals surface area contributed by atoms with Gasteiger partial charge in [-0.05, 0) is 29.0 Å². The molecule has 1 aromatic rings. The lowest BCUT2D eigenvalue weighted by molar-refractivity contribution is 0.151. The van der Waals surface area contributed by atoms with Crippen molar-refractivity contribution in [2.75, 3.05) is 25.9 Å². The topological polar surface area (TPSA) is 91.9 Å². The average Bonchev–Trinajstić information content (AvgIpc) is 2.69. The Balaban J connectivity index is 1.99. The maximum absolute atomic E-state index is 11.1. The van der Waals surface area contributed by atoms with Crippen LogP contribution in [0.4, 0.5) is 10.5 Å². The van der Waals surface area contributed by atoms with Gasteiger partial charge in [-0.3, -0.25) is 0 Å². The Hall–Kier alpha value is -1.19. The Kier molecular flexibility index (Phi) is 4.38. The lowest BCUT2D eigenvalue weighted by Crippen LogP contribution is -2.36. The summed E-state index contributed by atoms with van der Waals surface area (Å²) in [6.07, 6.45) is 0.511. The number of nitrogens with zero attached hydrogens (tertiary/aromatic N) is 3.